The minimum absolute atomic E-state index is 0.0839. The van der Waals surface area contributed by atoms with Gasteiger partial charge >= 0.3 is 0 Å². The van der Waals surface area contributed by atoms with Crippen LogP contribution in [0.15, 0.2) is 97.3 Å². The van der Waals surface area contributed by atoms with Gasteiger partial charge < -0.3 is 67.1 Å². The first-order valence-electron chi connectivity index (χ1n) is 25.2. The van der Waals surface area contributed by atoms with E-state index in [1.54, 1.807) is 19.5 Å². The number of carbonyl (C=O) groups excluding carboxylic acids is 2. The lowest BCUT2D eigenvalue weighted by Gasteiger charge is -2.45. The summed E-state index contributed by atoms with van der Waals surface area (Å²) in [5, 5.41) is 4.82. The first kappa shape index (κ1) is 58.4. The Labute approximate surface area is 425 Å². The van der Waals surface area contributed by atoms with Gasteiger partial charge in [0.25, 0.3) is 5.91 Å². The minimum Gasteiger partial charge on any atom is -0.382 e. The van der Waals surface area contributed by atoms with Crippen LogP contribution in [0.5, 0.6) is 0 Å². The summed E-state index contributed by atoms with van der Waals surface area (Å²) in [6.07, 6.45) is 3.64. The fraction of sp³-hybridized carbons (Fsp3) is 0.574. The van der Waals surface area contributed by atoms with E-state index in [-0.39, 0.29) is 30.3 Å². The number of methoxy groups -OCH3 is 1. The van der Waals surface area contributed by atoms with E-state index in [2.05, 4.69) is 39.5 Å². The number of pyridine rings is 1. The van der Waals surface area contributed by atoms with Gasteiger partial charge in [-0.05, 0) is 16.5 Å². The predicted molar refractivity (Wildman–Crippen MR) is 271 cm³/mol. The Kier molecular flexibility index (Phi) is 30.9. The highest BCUT2D eigenvalue weighted by atomic mass is 16.6. The third kappa shape index (κ3) is 23.6. The zero-order valence-corrected chi connectivity index (χ0v) is 42.2. The second-order valence-electron chi connectivity index (χ2n) is 16.6. The van der Waals surface area contributed by atoms with Gasteiger partial charge in [-0.25, -0.2) is 0 Å². The lowest BCUT2D eigenvalue weighted by molar-refractivity contribution is -0.123. The number of nitrogens with one attached hydrogen (secondary N) is 1. The van der Waals surface area contributed by atoms with Crippen molar-refractivity contribution in [1.82, 2.24) is 20.1 Å². The Morgan fingerprint density at radius 2 is 0.917 bits per heavy atom. The molecule has 1 N–H and O–H groups in total. The first-order valence-corrected chi connectivity index (χ1v) is 25.2. The quantitative estimate of drug-likeness (QED) is 0.0615. The fourth-order valence-corrected chi connectivity index (χ4v) is 7.87. The minimum atomic E-state index is -0.252. The molecule has 3 aromatic carbocycles. The Hall–Kier alpha value is -4.51. The standard InChI is InChI=1S/C54H78N4O14/c1-61-20-21-63-24-25-65-28-29-67-32-33-69-36-37-71-40-41-72-39-38-70-35-34-68-31-30-66-27-26-64-23-22-62-19-16-56-52(59)42-49-45-57(54(60)51-44-55-43-48-14-8-9-15-50(48)51)17-18-58(49)53(46-10-4-2-5-11-46)47-12-6-3-7-13-47/h2-15,43-44,49,53H,16-42,45H2,1H3,(H,56,59). The number of aromatic nitrogens is 1. The first-order chi connectivity index (χ1) is 35.7. The van der Waals surface area contributed by atoms with Crippen molar-refractivity contribution in [3.8, 4) is 0 Å². The van der Waals surface area contributed by atoms with Gasteiger partial charge in [0.05, 0.1) is 164 Å². The van der Waals surface area contributed by atoms with E-state index in [4.69, 9.17) is 56.8 Å². The molecule has 0 saturated carbocycles. The van der Waals surface area contributed by atoms with Gasteiger partial charge in [0.15, 0.2) is 0 Å². The number of fused-ring (bicyclic) bond motifs is 1. The summed E-state index contributed by atoms with van der Waals surface area (Å²) in [5.41, 5.74) is 2.83. The number of hydrogen-bond donors (Lipinski definition) is 1. The zero-order valence-electron chi connectivity index (χ0n) is 42.2. The van der Waals surface area contributed by atoms with Crippen LogP contribution in [0.1, 0.15) is 33.9 Å². The van der Waals surface area contributed by atoms with Crippen molar-refractivity contribution in [2.45, 2.75) is 18.5 Å². The summed E-state index contributed by atoms with van der Waals surface area (Å²) in [5.74, 6) is -0.186. The molecular formula is C54H78N4O14. The summed E-state index contributed by atoms with van der Waals surface area (Å²) in [6.45, 7) is 13.0. The smallest absolute Gasteiger partial charge is 0.256 e. The highest BCUT2D eigenvalue weighted by molar-refractivity contribution is 6.06. The van der Waals surface area contributed by atoms with E-state index in [1.807, 2.05) is 65.6 Å². The molecule has 0 bridgehead atoms. The Morgan fingerprint density at radius 1 is 0.514 bits per heavy atom. The van der Waals surface area contributed by atoms with Crippen LogP contribution in [-0.4, -0.2) is 218 Å². The predicted octanol–water partition coefficient (Wildman–Crippen LogP) is 4.49. The molecule has 2 amide bonds. The number of rotatable bonds is 42. The largest absolute Gasteiger partial charge is 0.382 e. The maximum Gasteiger partial charge on any atom is 0.256 e. The molecule has 2 heterocycles. The van der Waals surface area contributed by atoms with Crippen LogP contribution in [0.2, 0.25) is 0 Å². The van der Waals surface area contributed by atoms with E-state index in [0.29, 0.717) is 184 Å². The molecule has 0 aliphatic carbocycles. The maximum absolute atomic E-state index is 14.1. The van der Waals surface area contributed by atoms with Crippen molar-refractivity contribution in [2.24, 2.45) is 0 Å². The van der Waals surface area contributed by atoms with Crippen molar-refractivity contribution < 1.29 is 66.4 Å². The molecular weight excluding hydrogens is 929 g/mol. The second-order valence-corrected chi connectivity index (χ2v) is 16.6. The molecule has 1 aliphatic rings. The van der Waals surface area contributed by atoms with Gasteiger partial charge in [-0.1, -0.05) is 84.9 Å². The molecule has 18 nitrogen and oxygen atoms in total. The van der Waals surface area contributed by atoms with E-state index >= 15 is 0 Å². The van der Waals surface area contributed by atoms with Gasteiger partial charge in [-0.15, -0.1) is 0 Å². The average molecular weight is 1010 g/mol. The number of benzene rings is 3. The lowest BCUT2D eigenvalue weighted by Crippen LogP contribution is -2.57. The summed E-state index contributed by atoms with van der Waals surface area (Å²) >= 11 is 0. The summed E-state index contributed by atoms with van der Waals surface area (Å²) in [4.78, 5) is 36.3. The number of carbonyl (C=O) groups is 2. The van der Waals surface area contributed by atoms with Crippen molar-refractivity contribution in [3.63, 3.8) is 0 Å². The van der Waals surface area contributed by atoms with Crippen molar-refractivity contribution in [2.75, 3.05) is 185 Å². The fourth-order valence-electron chi connectivity index (χ4n) is 7.87. The molecule has 5 rings (SSSR count). The molecule has 1 fully saturated rings. The Balaban J connectivity index is 0.831. The van der Waals surface area contributed by atoms with E-state index in [0.717, 1.165) is 21.9 Å². The van der Waals surface area contributed by atoms with Crippen molar-refractivity contribution in [3.05, 3.63) is 114 Å². The number of piperazine rings is 1. The summed E-state index contributed by atoms with van der Waals surface area (Å²) < 4.78 is 65.7. The van der Waals surface area contributed by atoms with Gasteiger partial charge in [-0.3, -0.25) is 19.5 Å². The maximum atomic E-state index is 14.1. The molecule has 0 spiro atoms. The molecule has 4 aromatic rings. The molecule has 1 atom stereocenters. The van der Waals surface area contributed by atoms with E-state index < -0.39 is 0 Å². The SMILES string of the molecule is COCCOCCOCCOCCOCCOCCOCCOCCOCCOCCOCCOCCNC(=O)CC1CN(C(=O)c2cncc3ccccc23)CCN1C(c1ccccc1)c1ccccc1. The number of hydrogen-bond acceptors (Lipinski definition) is 16. The molecule has 0 radical (unpaired) electrons. The van der Waals surface area contributed by atoms with Crippen molar-refractivity contribution >= 4 is 22.6 Å². The van der Waals surface area contributed by atoms with Gasteiger partial charge in [0.2, 0.25) is 5.91 Å². The van der Waals surface area contributed by atoms with Gasteiger partial charge in [0, 0.05) is 63.5 Å². The highest BCUT2D eigenvalue weighted by Crippen LogP contribution is 2.33. The topological polar surface area (TPSA) is 176 Å². The molecule has 1 aliphatic heterocycles. The molecule has 398 valence electrons. The molecule has 1 saturated heterocycles. The van der Waals surface area contributed by atoms with Crippen LogP contribution in [0.25, 0.3) is 10.8 Å². The molecule has 72 heavy (non-hydrogen) atoms. The molecule has 1 aromatic heterocycles. The Bertz CT molecular complexity index is 1940. The van der Waals surface area contributed by atoms with Crippen LogP contribution < -0.4 is 5.32 Å². The highest BCUT2D eigenvalue weighted by Gasteiger charge is 2.37. The molecule has 1 unspecified atom stereocenters. The van der Waals surface area contributed by atoms with E-state index in [9.17, 15) is 9.59 Å². The Morgan fingerprint density at radius 3 is 1.36 bits per heavy atom. The normalized spacial score (nSPS) is 14.1. The van der Waals surface area contributed by atoms with E-state index in [1.165, 1.54) is 0 Å². The number of amides is 2. The third-order valence-corrected chi connectivity index (χ3v) is 11.4. The van der Waals surface area contributed by atoms with Gasteiger partial charge in [0.1, 0.15) is 0 Å². The van der Waals surface area contributed by atoms with Crippen LogP contribution in [0.3, 0.4) is 0 Å². The monoisotopic (exact) mass is 1010 g/mol. The summed E-state index contributed by atoms with van der Waals surface area (Å²) in [6, 6.07) is 28.1. The second kappa shape index (κ2) is 38.1. The van der Waals surface area contributed by atoms with Crippen molar-refractivity contribution in [1.29, 1.82) is 0 Å². The molecule has 18 heteroatoms. The van der Waals surface area contributed by atoms with Gasteiger partial charge in [-0.2, -0.15) is 0 Å². The third-order valence-electron chi connectivity index (χ3n) is 11.4. The van der Waals surface area contributed by atoms with Crippen LogP contribution in [0, 0.1) is 0 Å². The number of ether oxygens (including phenoxy) is 12. The number of nitrogens with zero attached hydrogens (tertiary/aromatic N) is 3. The zero-order chi connectivity index (χ0) is 50.4. The van der Waals surface area contributed by atoms with Crippen LogP contribution in [-0.2, 0) is 61.6 Å². The van der Waals surface area contributed by atoms with Crippen LogP contribution >= 0.6 is 0 Å². The summed E-state index contributed by atoms with van der Waals surface area (Å²) in [7, 11) is 1.64. The van der Waals surface area contributed by atoms with Crippen LogP contribution in [0.4, 0.5) is 0 Å². The lowest BCUT2D eigenvalue weighted by atomic mass is 9.93. The average Bonchev–Trinajstić information content (AvgIpc) is 3.41.